The molecule has 1 aliphatic rings. The molecule has 1 atom stereocenters. The Morgan fingerprint density at radius 1 is 1.27 bits per heavy atom. The topological polar surface area (TPSA) is 44.8 Å². The number of halogens is 1. The van der Waals surface area contributed by atoms with E-state index in [4.69, 9.17) is 14.2 Å². The van der Waals surface area contributed by atoms with E-state index in [-0.39, 0.29) is 18.7 Å². The summed E-state index contributed by atoms with van der Waals surface area (Å²) in [6, 6.07) is 4.33. The van der Waals surface area contributed by atoms with Gasteiger partial charge in [-0.15, -0.1) is 22.7 Å². The van der Waals surface area contributed by atoms with Gasteiger partial charge in [-0.25, -0.2) is 0 Å². The summed E-state index contributed by atoms with van der Waals surface area (Å²) >= 11 is 5.81. The number of thiophene rings is 2. The van der Waals surface area contributed by atoms with Gasteiger partial charge in [-0.05, 0) is 47.6 Å². The second-order valence-electron chi connectivity index (χ2n) is 5.38. The Bertz CT molecular complexity index is 643. The Balaban J connectivity index is 1.69. The van der Waals surface area contributed by atoms with Gasteiger partial charge in [0.15, 0.2) is 0 Å². The fraction of sp³-hybridized carbons (Fsp3) is 0.533. The Hall–Kier alpha value is -0.220. The van der Waals surface area contributed by atoms with Crippen molar-refractivity contribution in [3.05, 3.63) is 19.9 Å². The predicted octanol–water partition coefficient (Wildman–Crippen LogP) is 3.80. The maximum atomic E-state index is 12.5. The van der Waals surface area contributed by atoms with Crippen LogP contribution in [0.2, 0.25) is 0 Å². The van der Waals surface area contributed by atoms with Gasteiger partial charge in [0.25, 0.3) is 0 Å². The molecule has 1 aliphatic carbocycles. The van der Waals surface area contributed by atoms with Crippen LogP contribution in [0, 0.1) is 2.88 Å². The first-order chi connectivity index (χ1) is 10.6. The molecule has 4 nitrogen and oxygen atoms in total. The van der Waals surface area contributed by atoms with Crippen molar-refractivity contribution in [2.45, 2.75) is 24.4 Å². The van der Waals surface area contributed by atoms with Gasteiger partial charge in [0.1, 0.15) is 18.1 Å². The molecule has 1 fully saturated rings. The third-order valence-electron chi connectivity index (χ3n) is 3.88. The number of ether oxygens (including phenoxy) is 3. The molecule has 0 radical (unpaired) electrons. The van der Waals surface area contributed by atoms with Gasteiger partial charge in [-0.2, -0.15) is 0 Å². The molecule has 2 aromatic heterocycles. The van der Waals surface area contributed by atoms with E-state index in [2.05, 4.69) is 34.7 Å². The van der Waals surface area contributed by atoms with Crippen molar-refractivity contribution in [1.29, 1.82) is 0 Å². The van der Waals surface area contributed by atoms with Gasteiger partial charge in [-0.1, -0.05) is 0 Å². The summed E-state index contributed by atoms with van der Waals surface area (Å²) in [6.07, 6.45) is 1.54. The van der Waals surface area contributed by atoms with Crippen LogP contribution in [0.1, 0.15) is 17.7 Å². The first-order valence-electron chi connectivity index (χ1n) is 6.97. The monoisotopic (exact) mass is 452 g/mol. The highest BCUT2D eigenvalue weighted by Gasteiger charge is 2.54. The van der Waals surface area contributed by atoms with Crippen LogP contribution >= 0.6 is 45.3 Å². The average molecular weight is 452 g/mol. The SMILES string of the molecule is COCC(COC(=O)C1(c2cc3sc(I)cc3s2)CC1)OC. The number of esters is 1. The number of hydrogen-bond donors (Lipinski definition) is 0. The number of fused-ring (bicyclic) bond motifs is 1. The Morgan fingerprint density at radius 2 is 2.00 bits per heavy atom. The molecule has 0 aliphatic heterocycles. The summed E-state index contributed by atoms with van der Waals surface area (Å²) in [4.78, 5) is 13.6. The largest absolute Gasteiger partial charge is 0.462 e. The van der Waals surface area contributed by atoms with Gasteiger partial charge in [0, 0.05) is 28.5 Å². The summed E-state index contributed by atoms with van der Waals surface area (Å²) in [5, 5.41) is 0. The zero-order chi connectivity index (χ0) is 15.7. The molecule has 2 heterocycles. The lowest BCUT2D eigenvalue weighted by Gasteiger charge is -2.17. The molecule has 0 bridgehead atoms. The highest BCUT2D eigenvalue weighted by molar-refractivity contribution is 14.1. The van der Waals surface area contributed by atoms with Crippen LogP contribution in [-0.2, 0) is 24.4 Å². The molecule has 1 saturated carbocycles. The summed E-state index contributed by atoms with van der Waals surface area (Å²) in [5.74, 6) is -0.130. The minimum atomic E-state index is -0.416. The van der Waals surface area contributed by atoms with Crippen LogP contribution in [0.25, 0.3) is 9.40 Å². The van der Waals surface area contributed by atoms with E-state index in [1.807, 2.05) is 0 Å². The van der Waals surface area contributed by atoms with Crippen molar-refractivity contribution < 1.29 is 19.0 Å². The summed E-state index contributed by atoms with van der Waals surface area (Å²) in [5.41, 5.74) is -0.416. The van der Waals surface area contributed by atoms with E-state index in [0.717, 1.165) is 17.7 Å². The van der Waals surface area contributed by atoms with E-state index < -0.39 is 5.41 Å². The van der Waals surface area contributed by atoms with Crippen LogP contribution in [0.3, 0.4) is 0 Å². The first-order valence-corrected chi connectivity index (χ1v) is 9.68. The lowest BCUT2D eigenvalue weighted by molar-refractivity contribution is -0.151. The summed E-state index contributed by atoms with van der Waals surface area (Å²) in [7, 11) is 3.20. The highest BCUT2D eigenvalue weighted by Crippen LogP contribution is 2.53. The maximum Gasteiger partial charge on any atom is 0.317 e. The molecule has 0 spiro atoms. The number of hydrogen-bond acceptors (Lipinski definition) is 6. The fourth-order valence-corrected chi connectivity index (χ4v) is 5.98. The molecule has 120 valence electrons. The molecule has 0 amide bonds. The fourth-order valence-electron chi connectivity index (χ4n) is 2.40. The smallest absolute Gasteiger partial charge is 0.317 e. The average Bonchev–Trinajstić information content (AvgIpc) is 3.11. The number of rotatable bonds is 7. The minimum absolute atomic E-state index is 0.130. The maximum absolute atomic E-state index is 12.5. The van der Waals surface area contributed by atoms with Crippen molar-refractivity contribution in [2.24, 2.45) is 0 Å². The van der Waals surface area contributed by atoms with Gasteiger partial charge >= 0.3 is 5.97 Å². The quantitative estimate of drug-likeness (QED) is 0.474. The standard InChI is InChI=1S/C15H17IO4S2/c1-18-7-9(19-2)8-20-14(17)15(3-4-15)12-5-10-11(21-12)6-13(16)22-10/h5-6,9H,3-4,7-8H2,1-2H3. The van der Waals surface area contributed by atoms with Gasteiger partial charge in [0.05, 0.1) is 9.49 Å². The van der Waals surface area contributed by atoms with Crippen molar-refractivity contribution in [1.82, 2.24) is 0 Å². The van der Waals surface area contributed by atoms with E-state index in [0.29, 0.717) is 6.61 Å². The third-order valence-corrected chi connectivity index (χ3v) is 7.13. The lowest BCUT2D eigenvalue weighted by Crippen LogP contribution is -2.29. The molecule has 2 aromatic rings. The second-order valence-corrected chi connectivity index (χ2v) is 9.45. The zero-order valence-electron chi connectivity index (χ0n) is 12.4. The predicted molar refractivity (Wildman–Crippen MR) is 97.0 cm³/mol. The van der Waals surface area contributed by atoms with E-state index in [1.54, 1.807) is 36.9 Å². The van der Waals surface area contributed by atoms with Crippen LogP contribution in [0.15, 0.2) is 12.1 Å². The molecular formula is C15H17IO4S2. The van der Waals surface area contributed by atoms with Gasteiger partial charge in [0.2, 0.25) is 0 Å². The normalized spacial score (nSPS) is 17.6. The van der Waals surface area contributed by atoms with Crippen molar-refractivity contribution in [2.75, 3.05) is 27.4 Å². The van der Waals surface area contributed by atoms with Crippen molar-refractivity contribution >= 4 is 60.6 Å². The minimum Gasteiger partial charge on any atom is -0.462 e. The molecular weight excluding hydrogens is 435 g/mol. The molecule has 0 saturated heterocycles. The van der Waals surface area contributed by atoms with E-state index in [1.165, 1.54) is 12.3 Å². The molecule has 3 rings (SSSR count). The summed E-state index contributed by atoms with van der Waals surface area (Å²) < 4.78 is 19.6. The number of carbonyl (C=O) groups is 1. The molecule has 0 N–H and O–H groups in total. The molecule has 1 unspecified atom stereocenters. The number of methoxy groups -OCH3 is 2. The molecule has 22 heavy (non-hydrogen) atoms. The second kappa shape index (κ2) is 6.72. The van der Waals surface area contributed by atoms with Crippen molar-refractivity contribution in [3.8, 4) is 0 Å². The van der Waals surface area contributed by atoms with Crippen molar-refractivity contribution in [3.63, 3.8) is 0 Å². The van der Waals surface area contributed by atoms with Crippen LogP contribution in [0.4, 0.5) is 0 Å². The number of carbonyl (C=O) groups excluding carboxylic acids is 1. The highest BCUT2D eigenvalue weighted by atomic mass is 127. The first kappa shape index (κ1) is 16.6. The molecule has 0 aromatic carbocycles. The van der Waals surface area contributed by atoms with E-state index >= 15 is 0 Å². The lowest BCUT2D eigenvalue weighted by atomic mass is 10.1. The summed E-state index contributed by atoms with van der Waals surface area (Å²) in [6.45, 7) is 0.659. The Kier molecular flexibility index (Phi) is 5.08. The Labute approximate surface area is 150 Å². The van der Waals surface area contributed by atoms with Crippen LogP contribution in [0.5, 0.6) is 0 Å². The van der Waals surface area contributed by atoms with Crippen LogP contribution in [-0.4, -0.2) is 39.5 Å². The van der Waals surface area contributed by atoms with Gasteiger partial charge < -0.3 is 14.2 Å². The van der Waals surface area contributed by atoms with Crippen LogP contribution < -0.4 is 0 Å². The zero-order valence-corrected chi connectivity index (χ0v) is 16.2. The van der Waals surface area contributed by atoms with Gasteiger partial charge in [-0.3, -0.25) is 4.79 Å². The Morgan fingerprint density at radius 3 is 2.59 bits per heavy atom. The molecule has 7 heteroatoms. The third kappa shape index (κ3) is 3.19. The van der Waals surface area contributed by atoms with E-state index in [9.17, 15) is 4.79 Å².